The average molecular weight is 399 g/mol. The van der Waals surface area contributed by atoms with E-state index in [1.54, 1.807) is 11.3 Å². The second-order valence-electron chi connectivity index (χ2n) is 6.25. The minimum Gasteiger partial charge on any atom is -0.465 e. The van der Waals surface area contributed by atoms with Crippen LogP contribution >= 0.6 is 11.3 Å². The number of para-hydroxylation sites is 1. The Kier molecular flexibility index (Phi) is 4.78. The number of aromatic nitrogens is 2. The van der Waals surface area contributed by atoms with E-state index >= 15 is 0 Å². The Hall–Kier alpha value is -3.27. The minimum atomic E-state index is -0.650. The van der Waals surface area contributed by atoms with Crippen LogP contribution in [-0.4, -0.2) is 54.1 Å². The summed E-state index contributed by atoms with van der Waals surface area (Å²) in [5.41, 5.74) is 0.836. The molecule has 0 spiro atoms. The van der Waals surface area contributed by atoms with Crippen LogP contribution in [0.2, 0.25) is 0 Å². The summed E-state index contributed by atoms with van der Waals surface area (Å²) in [6, 6.07) is 9.20. The first-order valence-corrected chi connectivity index (χ1v) is 9.46. The maximum Gasteiger partial charge on any atom is 0.339 e. The fraction of sp³-hybridized carbons (Fsp3) is 0.278. The van der Waals surface area contributed by atoms with Crippen molar-refractivity contribution < 1.29 is 14.5 Å². The second-order valence-corrected chi connectivity index (χ2v) is 7.26. The largest absolute Gasteiger partial charge is 0.465 e. The van der Waals surface area contributed by atoms with E-state index in [4.69, 9.17) is 0 Å². The predicted octanol–water partition coefficient (Wildman–Crippen LogP) is 2.71. The molecular formula is C18H17N5O4S. The van der Waals surface area contributed by atoms with Gasteiger partial charge < -0.3 is 14.5 Å². The number of nitrogens with zero attached hydrogens (tertiary/aromatic N) is 5. The van der Waals surface area contributed by atoms with E-state index in [0.717, 1.165) is 15.3 Å². The van der Waals surface area contributed by atoms with Gasteiger partial charge in [0.1, 0.15) is 0 Å². The lowest BCUT2D eigenvalue weighted by Crippen LogP contribution is -2.47. The van der Waals surface area contributed by atoms with Gasteiger partial charge in [0.2, 0.25) is 5.82 Å². The third-order valence-electron chi connectivity index (χ3n) is 4.60. The number of pyridine rings is 1. The van der Waals surface area contributed by atoms with Gasteiger partial charge in [-0.1, -0.05) is 23.5 Å². The van der Waals surface area contributed by atoms with Crippen LogP contribution in [0.1, 0.15) is 10.4 Å². The number of fused-ring (bicyclic) bond motifs is 1. The van der Waals surface area contributed by atoms with Crippen LogP contribution in [0.25, 0.3) is 10.2 Å². The van der Waals surface area contributed by atoms with E-state index in [2.05, 4.69) is 19.6 Å². The molecule has 28 heavy (non-hydrogen) atoms. The van der Waals surface area contributed by atoms with Crippen LogP contribution in [0.5, 0.6) is 0 Å². The number of esters is 1. The molecular weight excluding hydrogens is 382 g/mol. The Balaban J connectivity index is 1.53. The van der Waals surface area contributed by atoms with Crippen molar-refractivity contribution in [1.82, 2.24) is 9.97 Å². The van der Waals surface area contributed by atoms with E-state index in [9.17, 15) is 14.9 Å². The highest BCUT2D eigenvalue weighted by Crippen LogP contribution is 2.31. The first-order chi connectivity index (χ1) is 13.6. The summed E-state index contributed by atoms with van der Waals surface area (Å²) in [6.45, 7) is 2.50. The molecule has 0 unspecified atom stereocenters. The Morgan fingerprint density at radius 3 is 2.61 bits per heavy atom. The molecule has 1 fully saturated rings. The van der Waals surface area contributed by atoms with Crippen LogP contribution in [0.3, 0.4) is 0 Å². The Labute approximate surface area is 164 Å². The summed E-state index contributed by atoms with van der Waals surface area (Å²) in [7, 11) is 1.23. The fourth-order valence-electron chi connectivity index (χ4n) is 3.16. The van der Waals surface area contributed by atoms with Crippen LogP contribution < -0.4 is 9.80 Å². The van der Waals surface area contributed by atoms with Crippen molar-refractivity contribution in [1.29, 1.82) is 0 Å². The number of anilines is 2. The third-order valence-corrected chi connectivity index (χ3v) is 5.69. The van der Waals surface area contributed by atoms with Crippen LogP contribution in [0.4, 0.5) is 16.6 Å². The molecule has 0 saturated carbocycles. The molecule has 1 aromatic carbocycles. The van der Waals surface area contributed by atoms with Gasteiger partial charge in [-0.15, -0.1) is 0 Å². The van der Waals surface area contributed by atoms with Crippen molar-refractivity contribution in [3.63, 3.8) is 0 Å². The number of nitro groups is 1. The predicted molar refractivity (Wildman–Crippen MR) is 106 cm³/mol. The zero-order chi connectivity index (χ0) is 19.7. The van der Waals surface area contributed by atoms with E-state index in [1.807, 2.05) is 29.2 Å². The van der Waals surface area contributed by atoms with E-state index in [-0.39, 0.29) is 17.1 Å². The molecule has 0 N–H and O–H groups in total. The molecule has 1 aliphatic heterocycles. The molecule has 0 aliphatic carbocycles. The fourth-order valence-corrected chi connectivity index (χ4v) is 4.18. The number of carbonyl (C=O) groups is 1. The van der Waals surface area contributed by atoms with Gasteiger partial charge in [0.25, 0.3) is 0 Å². The maximum atomic E-state index is 11.6. The van der Waals surface area contributed by atoms with Crippen LogP contribution in [0, 0.1) is 10.1 Å². The molecule has 1 saturated heterocycles. The zero-order valence-electron chi connectivity index (χ0n) is 15.1. The van der Waals surface area contributed by atoms with Crippen molar-refractivity contribution in [2.75, 3.05) is 43.1 Å². The number of piperazine rings is 1. The summed E-state index contributed by atoms with van der Waals surface area (Å²) >= 11 is 1.64. The zero-order valence-corrected chi connectivity index (χ0v) is 15.9. The number of carbonyl (C=O) groups excluding carboxylic acids is 1. The number of methoxy groups -OCH3 is 1. The van der Waals surface area contributed by atoms with Gasteiger partial charge in [0, 0.05) is 38.4 Å². The smallest absolute Gasteiger partial charge is 0.339 e. The minimum absolute atomic E-state index is 0.0612. The van der Waals surface area contributed by atoms with E-state index < -0.39 is 10.9 Å². The highest BCUT2D eigenvalue weighted by atomic mass is 32.1. The number of ether oxygens (including phenoxy) is 1. The van der Waals surface area contributed by atoms with Gasteiger partial charge >= 0.3 is 11.7 Å². The van der Waals surface area contributed by atoms with E-state index in [1.165, 1.54) is 19.4 Å². The van der Waals surface area contributed by atoms with Crippen molar-refractivity contribution in [3.8, 4) is 0 Å². The third kappa shape index (κ3) is 3.33. The molecule has 0 atom stereocenters. The molecule has 0 bridgehead atoms. The summed E-state index contributed by atoms with van der Waals surface area (Å²) in [5.74, 6) is -0.385. The van der Waals surface area contributed by atoms with Gasteiger partial charge in [-0.3, -0.25) is 10.1 Å². The van der Waals surface area contributed by atoms with Crippen molar-refractivity contribution in [3.05, 3.63) is 52.2 Å². The summed E-state index contributed by atoms with van der Waals surface area (Å²) < 4.78 is 5.75. The number of rotatable bonds is 4. The molecule has 9 nitrogen and oxygen atoms in total. The molecule has 1 aliphatic rings. The Morgan fingerprint density at radius 2 is 1.93 bits per heavy atom. The molecule has 3 heterocycles. The number of benzene rings is 1. The highest BCUT2D eigenvalue weighted by Gasteiger charge is 2.27. The van der Waals surface area contributed by atoms with Gasteiger partial charge in [0.15, 0.2) is 5.13 Å². The van der Waals surface area contributed by atoms with Crippen molar-refractivity contribution in [2.24, 2.45) is 0 Å². The quantitative estimate of drug-likeness (QED) is 0.375. The van der Waals surface area contributed by atoms with Gasteiger partial charge in [-0.05, 0) is 12.1 Å². The monoisotopic (exact) mass is 399 g/mol. The summed E-state index contributed by atoms with van der Waals surface area (Å²) in [5, 5.41) is 12.4. The number of thiazole rings is 1. The molecule has 0 amide bonds. The Morgan fingerprint density at radius 1 is 1.21 bits per heavy atom. The van der Waals surface area contributed by atoms with Crippen molar-refractivity contribution >= 4 is 44.2 Å². The molecule has 10 heteroatoms. The molecule has 4 rings (SSSR count). The summed E-state index contributed by atoms with van der Waals surface area (Å²) in [4.78, 5) is 35.5. The molecule has 3 aromatic rings. The van der Waals surface area contributed by atoms with Gasteiger partial charge in [-0.25, -0.2) is 14.8 Å². The molecule has 2 aromatic heterocycles. The molecule has 0 radical (unpaired) electrons. The lowest BCUT2D eigenvalue weighted by Gasteiger charge is -2.34. The lowest BCUT2D eigenvalue weighted by molar-refractivity contribution is -0.384. The Bertz CT molecular complexity index is 1010. The number of hydrogen-bond acceptors (Lipinski definition) is 9. The normalized spacial score (nSPS) is 14.3. The van der Waals surface area contributed by atoms with Crippen molar-refractivity contribution in [2.45, 2.75) is 0 Å². The lowest BCUT2D eigenvalue weighted by atomic mass is 10.2. The van der Waals surface area contributed by atoms with Gasteiger partial charge in [0.05, 0.1) is 27.8 Å². The SMILES string of the molecule is COC(=O)c1cnc(N2CCN(c3nc4ccccc4s3)CC2)c([N+](=O)[O-])c1. The maximum absolute atomic E-state index is 11.6. The topological polar surface area (TPSA) is 102 Å². The first-order valence-electron chi connectivity index (χ1n) is 8.65. The first kappa shape index (κ1) is 18.1. The molecule has 144 valence electrons. The highest BCUT2D eigenvalue weighted by molar-refractivity contribution is 7.22. The van der Waals surface area contributed by atoms with Crippen LogP contribution in [0.15, 0.2) is 36.5 Å². The van der Waals surface area contributed by atoms with Gasteiger partial charge in [-0.2, -0.15) is 0 Å². The standard InChI is InChI=1S/C18H17N5O4S/c1-27-17(24)12-10-14(23(25)26)16(19-11-12)21-6-8-22(9-7-21)18-20-13-4-2-3-5-15(13)28-18/h2-5,10-11H,6-9H2,1H3. The van der Waals surface area contributed by atoms with Crippen LogP contribution in [-0.2, 0) is 4.74 Å². The number of hydrogen-bond donors (Lipinski definition) is 0. The average Bonchev–Trinajstić information content (AvgIpc) is 3.17. The second kappa shape index (κ2) is 7.39. The summed E-state index contributed by atoms with van der Waals surface area (Å²) in [6.07, 6.45) is 1.31. The van der Waals surface area contributed by atoms with E-state index in [0.29, 0.717) is 26.2 Å².